The first kappa shape index (κ1) is 17.1. The van der Waals surface area contributed by atoms with Crippen molar-refractivity contribution in [1.82, 2.24) is 9.88 Å². The van der Waals surface area contributed by atoms with E-state index in [0.717, 1.165) is 36.8 Å². The zero-order valence-corrected chi connectivity index (χ0v) is 14.7. The predicted octanol–water partition coefficient (Wildman–Crippen LogP) is 2.94. The van der Waals surface area contributed by atoms with Gasteiger partial charge in [-0.05, 0) is 12.0 Å². The number of carbonyl (C=O) groups is 1. The van der Waals surface area contributed by atoms with Crippen LogP contribution < -0.4 is 5.32 Å². The summed E-state index contributed by atoms with van der Waals surface area (Å²) in [4.78, 5) is 18.9. The van der Waals surface area contributed by atoms with Crippen LogP contribution in [-0.2, 0) is 22.5 Å². The van der Waals surface area contributed by atoms with Gasteiger partial charge in [0.2, 0.25) is 5.91 Å². The molecule has 5 nitrogen and oxygen atoms in total. The van der Waals surface area contributed by atoms with Crippen LogP contribution in [0.3, 0.4) is 0 Å². The molecular formula is C18H23N3O2S. The van der Waals surface area contributed by atoms with Crippen LogP contribution in [0.1, 0.15) is 24.6 Å². The number of aromatic nitrogens is 1. The average Bonchev–Trinajstić information content (AvgIpc) is 3.03. The highest BCUT2D eigenvalue weighted by Crippen LogP contribution is 2.21. The maximum atomic E-state index is 12.3. The number of rotatable bonds is 6. The Morgan fingerprint density at radius 3 is 3.04 bits per heavy atom. The van der Waals surface area contributed by atoms with Crippen LogP contribution in [-0.4, -0.2) is 41.6 Å². The third-order valence-electron chi connectivity index (χ3n) is 4.11. The average molecular weight is 345 g/mol. The summed E-state index contributed by atoms with van der Waals surface area (Å²) in [6, 6.07) is 10.4. The van der Waals surface area contributed by atoms with Crippen molar-refractivity contribution in [2.24, 2.45) is 0 Å². The Kier molecular flexibility index (Phi) is 5.96. The van der Waals surface area contributed by atoms with E-state index in [-0.39, 0.29) is 12.0 Å². The maximum Gasteiger partial charge on any atom is 0.227 e. The highest BCUT2D eigenvalue weighted by atomic mass is 32.1. The van der Waals surface area contributed by atoms with Gasteiger partial charge in [0.25, 0.3) is 0 Å². The molecule has 1 amide bonds. The molecular weight excluding hydrogens is 322 g/mol. The molecule has 1 aromatic heterocycles. The van der Waals surface area contributed by atoms with Gasteiger partial charge in [-0.3, -0.25) is 9.69 Å². The van der Waals surface area contributed by atoms with Crippen LogP contribution >= 0.6 is 11.3 Å². The van der Waals surface area contributed by atoms with Crippen molar-refractivity contribution < 1.29 is 9.53 Å². The molecule has 24 heavy (non-hydrogen) atoms. The third-order valence-corrected chi connectivity index (χ3v) is 4.90. The van der Waals surface area contributed by atoms with Crippen molar-refractivity contribution in [1.29, 1.82) is 0 Å². The second-order valence-corrected chi connectivity index (χ2v) is 6.80. The fourth-order valence-corrected chi connectivity index (χ4v) is 3.69. The van der Waals surface area contributed by atoms with Crippen molar-refractivity contribution in [3.05, 3.63) is 47.1 Å². The Balaban J connectivity index is 1.50. The fraction of sp³-hybridized carbons (Fsp3) is 0.444. The molecule has 1 aliphatic rings. The molecule has 1 aliphatic heterocycles. The number of benzene rings is 1. The number of aryl methyl sites for hydroxylation is 1. The topological polar surface area (TPSA) is 54.5 Å². The SMILES string of the molecule is CCc1ncsc1NC(=O)CC1CN(Cc2ccccc2)CCO1. The Hall–Kier alpha value is -1.76. The van der Waals surface area contributed by atoms with Gasteiger partial charge in [0.15, 0.2) is 0 Å². The molecule has 2 heterocycles. The van der Waals surface area contributed by atoms with Crippen molar-refractivity contribution in [2.75, 3.05) is 25.0 Å². The van der Waals surface area contributed by atoms with E-state index < -0.39 is 0 Å². The van der Waals surface area contributed by atoms with E-state index in [4.69, 9.17) is 4.74 Å². The van der Waals surface area contributed by atoms with Crippen molar-refractivity contribution in [3.8, 4) is 0 Å². The van der Waals surface area contributed by atoms with Crippen molar-refractivity contribution in [3.63, 3.8) is 0 Å². The summed E-state index contributed by atoms with van der Waals surface area (Å²) < 4.78 is 5.78. The van der Waals surface area contributed by atoms with Crippen LogP contribution in [0.5, 0.6) is 0 Å². The molecule has 0 bridgehead atoms. The van der Waals surface area contributed by atoms with E-state index in [1.165, 1.54) is 16.9 Å². The van der Waals surface area contributed by atoms with Gasteiger partial charge in [0, 0.05) is 19.6 Å². The second kappa shape index (κ2) is 8.37. The van der Waals surface area contributed by atoms with Crippen LogP contribution in [0.4, 0.5) is 5.00 Å². The highest BCUT2D eigenvalue weighted by molar-refractivity contribution is 7.14. The Morgan fingerprint density at radius 2 is 2.25 bits per heavy atom. The number of hydrogen-bond acceptors (Lipinski definition) is 5. The number of nitrogens with zero attached hydrogens (tertiary/aromatic N) is 2. The number of amides is 1. The van der Waals surface area contributed by atoms with E-state index in [9.17, 15) is 4.79 Å². The molecule has 6 heteroatoms. The first-order valence-electron chi connectivity index (χ1n) is 8.34. The lowest BCUT2D eigenvalue weighted by atomic mass is 10.1. The molecule has 1 saturated heterocycles. The number of hydrogen-bond donors (Lipinski definition) is 1. The molecule has 0 aliphatic carbocycles. The second-order valence-electron chi connectivity index (χ2n) is 5.95. The Labute approximate surface area is 146 Å². The van der Waals surface area contributed by atoms with Gasteiger partial charge >= 0.3 is 0 Å². The Morgan fingerprint density at radius 1 is 1.42 bits per heavy atom. The number of morpholine rings is 1. The van der Waals surface area contributed by atoms with Crippen molar-refractivity contribution in [2.45, 2.75) is 32.4 Å². The summed E-state index contributed by atoms with van der Waals surface area (Å²) in [6.07, 6.45) is 1.15. The lowest BCUT2D eigenvalue weighted by molar-refractivity contribution is -0.121. The molecule has 1 aromatic carbocycles. The van der Waals surface area contributed by atoms with E-state index in [0.29, 0.717) is 13.0 Å². The van der Waals surface area contributed by atoms with Gasteiger partial charge in [-0.1, -0.05) is 37.3 Å². The largest absolute Gasteiger partial charge is 0.375 e. The fourth-order valence-electron chi connectivity index (χ4n) is 2.90. The summed E-state index contributed by atoms with van der Waals surface area (Å²) in [5.41, 5.74) is 4.01. The minimum atomic E-state index is -0.0551. The molecule has 3 rings (SSSR count). The third kappa shape index (κ3) is 4.63. The van der Waals surface area contributed by atoms with E-state index in [1.54, 1.807) is 5.51 Å². The molecule has 1 fully saturated rings. The highest BCUT2D eigenvalue weighted by Gasteiger charge is 2.23. The number of ether oxygens (including phenoxy) is 1. The summed E-state index contributed by atoms with van der Waals surface area (Å²) in [5, 5.41) is 3.83. The molecule has 0 spiro atoms. The summed E-state index contributed by atoms with van der Waals surface area (Å²) in [6.45, 7) is 5.30. The normalized spacial score (nSPS) is 18.5. The molecule has 1 N–H and O–H groups in total. The van der Waals surface area contributed by atoms with Gasteiger partial charge in [-0.25, -0.2) is 4.98 Å². The lowest BCUT2D eigenvalue weighted by Crippen LogP contribution is -2.43. The smallest absolute Gasteiger partial charge is 0.227 e. The number of thiazole rings is 1. The van der Waals surface area contributed by atoms with E-state index in [2.05, 4.69) is 39.5 Å². The van der Waals surface area contributed by atoms with Crippen LogP contribution in [0, 0.1) is 0 Å². The minimum absolute atomic E-state index is 0.000473. The summed E-state index contributed by atoms with van der Waals surface area (Å²) in [5.74, 6) is 0.000473. The number of nitrogens with one attached hydrogen (secondary N) is 1. The van der Waals surface area contributed by atoms with Crippen molar-refractivity contribution >= 4 is 22.2 Å². The summed E-state index contributed by atoms with van der Waals surface area (Å²) in [7, 11) is 0. The minimum Gasteiger partial charge on any atom is -0.375 e. The van der Waals surface area contributed by atoms with Gasteiger partial charge in [0.1, 0.15) is 5.00 Å². The van der Waals surface area contributed by atoms with E-state index >= 15 is 0 Å². The van der Waals surface area contributed by atoms with Crippen LogP contribution in [0.2, 0.25) is 0 Å². The van der Waals surface area contributed by atoms with Crippen LogP contribution in [0.15, 0.2) is 35.8 Å². The summed E-state index contributed by atoms with van der Waals surface area (Å²) >= 11 is 1.47. The standard InChI is InChI=1S/C18H23N3O2S/c1-2-16-18(24-13-19-16)20-17(22)10-15-12-21(8-9-23-15)11-14-6-4-3-5-7-14/h3-7,13,15H,2,8-12H2,1H3,(H,20,22). The molecule has 2 aromatic rings. The lowest BCUT2D eigenvalue weighted by Gasteiger charge is -2.32. The van der Waals surface area contributed by atoms with E-state index in [1.807, 2.05) is 13.0 Å². The van der Waals surface area contributed by atoms with Gasteiger partial charge in [-0.2, -0.15) is 0 Å². The van der Waals surface area contributed by atoms with Gasteiger partial charge in [0.05, 0.1) is 30.3 Å². The molecule has 1 atom stereocenters. The Bertz CT molecular complexity index is 659. The number of anilines is 1. The predicted molar refractivity (Wildman–Crippen MR) is 96.2 cm³/mol. The maximum absolute atomic E-state index is 12.3. The first-order valence-corrected chi connectivity index (χ1v) is 9.22. The molecule has 1 unspecified atom stereocenters. The quantitative estimate of drug-likeness (QED) is 0.875. The zero-order valence-electron chi connectivity index (χ0n) is 13.9. The van der Waals surface area contributed by atoms with Gasteiger partial charge < -0.3 is 10.1 Å². The molecule has 0 saturated carbocycles. The monoisotopic (exact) mass is 345 g/mol. The molecule has 128 valence electrons. The first-order chi connectivity index (χ1) is 11.7. The van der Waals surface area contributed by atoms with Gasteiger partial charge in [-0.15, -0.1) is 11.3 Å². The number of carbonyl (C=O) groups excluding carboxylic acids is 1. The molecule has 0 radical (unpaired) electrons. The zero-order chi connectivity index (χ0) is 16.8. The van der Waals surface area contributed by atoms with Crippen LogP contribution in [0.25, 0.3) is 0 Å².